The fourth-order valence-corrected chi connectivity index (χ4v) is 5.16. The Morgan fingerprint density at radius 3 is 2.60 bits per heavy atom. The monoisotopic (exact) mass is 423 g/mol. The molecule has 0 unspecified atom stereocenters. The first kappa shape index (κ1) is 19.6. The number of aromatic nitrogens is 1. The van der Waals surface area contributed by atoms with Crippen LogP contribution in [0.2, 0.25) is 0 Å². The number of benzene rings is 2. The second-order valence-electron chi connectivity index (χ2n) is 8.00. The number of carbonyl (C=O) groups is 1. The Bertz CT molecular complexity index is 1050. The lowest BCUT2D eigenvalue weighted by Crippen LogP contribution is -2.47. The van der Waals surface area contributed by atoms with Crippen LogP contribution >= 0.6 is 11.3 Å². The molecule has 30 heavy (non-hydrogen) atoms. The van der Waals surface area contributed by atoms with Crippen molar-refractivity contribution in [1.29, 1.82) is 0 Å². The molecule has 1 spiro atoms. The molecular weight excluding hydrogens is 398 g/mol. The summed E-state index contributed by atoms with van der Waals surface area (Å²) in [6.45, 7) is 5.44. The van der Waals surface area contributed by atoms with Crippen LogP contribution < -0.4 is 5.32 Å². The summed E-state index contributed by atoms with van der Waals surface area (Å²) >= 11 is 1.69. The molecule has 2 aliphatic heterocycles. The summed E-state index contributed by atoms with van der Waals surface area (Å²) in [6, 6.07) is 14.2. The van der Waals surface area contributed by atoms with Crippen molar-refractivity contribution < 1.29 is 14.3 Å². The molecule has 2 fully saturated rings. The predicted molar refractivity (Wildman–Crippen MR) is 119 cm³/mol. The van der Waals surface area contributed by atoms with E-state index in [-0.39, 0.29) is 5.91 Å². The molecule has 0 bridgehead atoms. The number of hydrogen-bond acceptors (Lipinski definition) is 6. The average molecular weight is 424 g/mol. The topological polar surface area (TPSA) is 63.7 Å². The van der Waals surface area contributed by atoms with Crippen LogP contribution in [0, 0.1) is 6.92 Å². The molecule has 0 atom stereocenters. The normalized spacial score (nSPS) is 18.8. The van der Waals surface area contributed by atoms with Crippen molar-refractivity contribution in [3.63, 3.8) is 0 Å². The maximum atomic E-state index is 12.5. The first-order valence-corrected chi connectivity index (χ1v) is 11.2. The number of carbonyl (C=O) groups excluding carboxylic acids is 1. The van der Waals surface area contributed by atoms with Gasteiger partial charge in [0.15, 0.2) is 5.79 Å². The first-order valence-electron chi connectivity index (χ1n) is 10.4. The highest BCUT2D eigenvalue weighted by Gasteiger charge is 2.39. The van der Waals surface area contributed by atoms with E-state index in [9.17, 15) is 4.79 Å². The molecule has 3 heterocycles. The third-order valence-electron chi connectivity index (χ3n) is 5.76. The number of aryl methyl sites for hydroxylation is 1. The van der Waals surface area contributed by atoms with Crippen molar-refractivity contribution in [2.24, 2.45) is 0 Å². The quantitative estimate of drug-likeness (QED) is 0.686. The number of nitrogens with zero attached hydrogens (tertiary/aromatic N) is 2. The van der Waals surface area contributed by atoms with Crippen LogP contribution in [0.3, 0.4) is 0 Å². The van der Waals surface area contributed by atoms with Gasteiger partial charge in [-0.1, -0.05) is 6.07 Å². The van der Waals surface area contributed by atoms with Gasteiger partial charge in [-0.3, -0.25) is 9.69 Å². The lowest BCUT2D eigenvalue weighted by molar-refractivity contribution is -0.185. The molecule has 2 saturated heterocycles. The number of rotatable bonds is 4. The summed E-state index contributed by atoms with van der Waals surface area (Å²) in [5.41, 5.74) is 4.12. The minimum atomic E-state index is -0.401. The number of fused-ring (bicyclic) bond motifs is 1. The van der Waals surface area contributed by atoms with Gasteiger partial charge < -0.3 is 14.8 Å². The smallest absolute Gasteiger partial charge is 0.238 e. The highest BCUT2D eigenvalue weighted by Crippen LogP contribution is 2.32. The van der Waals surface area contributed by atoms with Gasteiger partial charge in [-0.15, -0.1) is 11.3 Å². The van der Waals surface area contributed by atoms with Gasteiger partial charge >= 0.3 is 0 Å². The van der Waals surface area contributed by atoms with Gasteiger partial charge in [-0.25, -0.2) is 4.98 Å². The van der Waals surface area contributed by atoms with Gasteiger partial charge in [0.25, 0.3) is 0 Å². The van der Waals surface area contributed by atoms with Crippen molar-refractivity contribution in [3.05, 3.63) is 48.0 Å². The van der Waals surface area contributed by atoms with Crippen molar-refractivity contribution in [1.82, 2.24) is 9.88 Å². The number of piperidine rings is 1. The molecule has 6 nitrogen and oxygen atoms in total. The highest BCUT2D eigenvalue weighted by atomic mass is 32.1. The van der Waals surface area contributed by atoms with Gasteiger partial charge in [0.2, 0.25) is 5.91 Å². The van der Waals surface area contributed by atoms with E-state index in [0.717, 1.165) is 47.7 Å². The number of likely N-dealkylation sites (tertiary alicyclic amines) is 1. The van der Waals surface area contributed by atoms with Gasteiger partial charge in [-0.05, 0) is 48.9 Å². The van der Waals surface area contributed by atoms with E-state index in [4.69, 9.17) is 14.5 Å². The minimum Gasteiger partial charge on any atom is -0.347 e. The number of anilines is 1. The molecule has 0 radical (unpaired) electrons. The van der Waals surface area contributed by atoms with Gasteiger partial charge in [0, 0.05) is 37.2 Å². The molecule has 3 aromatic rings. The van der Waals surface area contributed by atoms with Crippen LogP contribution in [0.25, 0.3) is 20.8 Å². The summed E-state index contributed by atoms with van der Waals surface area (Å²) < 4.78 is 12.7. The average Bonchev–Trinajstić information content (AvgIpc) is 3.37. The van der Waals surface area contributed by atoms with Crippen molar-refractivity contribution in [2.45, 2.75) is 25.6 Å². The van der Waals surface area contributed by atoms with Crippen molar-refractivity contribution in [3.8, 4) is 10.6 Å². The molecular formula is C23H25N3O3S. The molecule has 1 aromatic heterocycles. The van der Waals surface area contributed by atoms with Crippen LogP contribution in [0.1, 0.15) is 18.4 Å². The fraction of sp³-hybridized carbons (Fsp3) is 0.391. The molecule has 0 saturated carbocycles. The summed E-state index contributed by atoms with van der Waals surface area (Å²) in [6.07, 6.45) is 1.63. The molecule has 7 heteroatoms. The summed E-state index contributed by atoms with van der Waals surface area (Å²) in [5, 5.41) is 4.00. The van der Waals surface area contributed by atoms with E-state index in [0.29, 0.717) is 19.8 Å². The van der Waals surface area contributed by atoms with E-state index in [1.807, 2.05) is 24.3 Å². The summed E-state index contributed by atoms with van der Waals surface area (Å²) in [4.78, 5) is 19.4. The zero-order valence-corrected chi connectivity index (χ0v) is 17.8. The second-order valence-corrected chi connectivity index (χ2v) is 9.03. The molecule has 1 N–H and O–H groups in total. The molecule has 0 aliphatic carbocycles. The Labute approximate surface area is 179 Å². The number of hydrogen-bond donors (Lipinski definition) is 1. The molecule has 5 rings (SSSR count). The Balaban J connectivity index is 1.18. The van der Waals surface area contributed by atoms with E-state index < -0.39 is 5.79 Å². The second kappa shape index (κ2) is 8.07. The van der Waals surface area contributed by atoms with E-state index in [1.165, 1.54) is 10.3 Å². The highest BCUT2D eigenvalue weighted by molar-refractivity contribution is 7.21. The third-order valence-corrected chi connectivity index (χ3v) is 6.83. The molecule has 2 aliphatic rings. The minimum absolute atomic E-state index is 0.00224. The van der Waals surface area contributed by atoms with Gasteiger partial charge in [0.1, 0.15) is 5.01 Å². The van der Waals surface area contributed by atoms with E-state index in [2.05, 4.69) is 35.3 Å². The zero-order chi connectivity index (χ0) is 20.6. The molecule has 1 amide bonds. The van der Waals surface area contributed by atoms with Gasteiger partial charge in [0.05, 0.1) is 30.0 Å². The molecule has 156 valence electrons. The van der Waals surface area contributed by atoms with Crippen LogP contribution in [-0.4, -0.2) is 54.4 Å². The van der Waals surface area contributed by atoms with Crippen LogP contribution in [0.4, 0.5) is 5.69 Å². The van der Waals surface area contributed by atoms with Crippen molar-refractivity contribution in [2.75, 3.05) is 38.2 Å². The van der Waals surface area contributed by atoms with Gasteiger partial charge in [-0.2, -0.15) is 0 Å². The summed E-state index contributed by atoms with van der Waals surface area (Å²) in [5.74, 6) is -0.398. The maximum absolute atomic E-state index is 12.5. The standard InChI is InChI=1S/C23H25N3O3S/c1-16-2-7-19-20(14-16)30-22(25-19)17-3-5-18(6-4-17)24-21(27)15-26-10-8-23(9-11-26)28-12-13-29-23/h2-7,14H,8-13,15H2,1H3,(H,24,27). The lowest BCUT2D eigenvalue weighted by atomic mass is 10.0. The zero-order valence-electron chi connectivity index (χ0n) is 17.0. The Hall–Kier alpha value is -2.32. The molecule has 2 aromatic carbocycles. The van der Waals surface area contributed by atoms with E-state index in [1.54, 1.807) is 11.3 Å². The fourth-order valence-electron chi connectivity index (χ4n) is 4.09. The van der Waals surface area contributed by atoms with Crippen LogP contribution in [0.5, 0.6) is 0 Å². The number of thiazole rings is 1. The van der Waals surface area contributed by atoms with Crippen LogP contribution in [0.15, 0.2) is 42.5 Å². The first-order chi connectivity index (χ1) is 14.6. The summed E-state index contributed by atoms with van der Waals surface area (Å²) in [7, 11) is 0. The van der Waals surface area contributed by atoms with Crippen LogP contribution in [-0.2, 0) is 14.3 Å². The Morgan fingerprint density at radius 2 is 1.87 bits per heavy atom. The SMILES string of the molecule is Cc1ccc2nc(-c3ccc(NC(=O)CN4CCC5(CC4)OCCO5)cc3)sc2c1. The number of amides is 1. The van der Waals surface area contributed by atoms with E-state index >= 15 is 0 Å². The van der Waals surface area contributed by atoms with Crippen molar-refractivity contribution >= 4 is 33.1 Å². The largest absolute Gasteiger partial charge is 0.347 e. The predicted octanol–water partition coefficient (Wildman–Crippen LogP) is 4.05. The third kappa shape index (κ3) is 4.11. The maximum Gasteiger partial charge on any atom is 0.238 e. The lowest BCUT2D eigenvalue weighted by Gasteiger charge is -2.37. The Kier molecular flexibility index (Phi) is 5.28. The Morgan fingerprint density at radius 1 is 1.13 bits per heavy atom. The number of ether oxygens (including phenoxy) is 2. The number of nitrogens with one attached hydrogen (secondary N) is 1.